The Morgan fingerprint density at radius 3 is 2.47 bits per heavy atom. The van der Waals surface area contributed by atoms with Gasteiger partial charge in [-0.25, -0.2) is 4.98 Å². The number of aromatic nitrogens is 5. The van der Waals surface area contributed by atoms with E-state index in [0.29, 0.717) is 5.82 Å². The highest BCUT2D eigenvalue weighted by atomic mass is 16.7. The van der Waals surface area contributed by atoms with Gasteiger partial charge in [-0.2, -0.15) is 0 Å². The third-order valence-corrected chi connectivity index (χ3v) is 7.25. The van der Waals surface area contributed by atoms with Crippen LogP contribution in [-0.2, 0) is 14.3 Å². The number of piperazine rings is 1. The van der Waals surface area contributed by atoms with E-state index in [1.807, 2.05) is 55.1 Å². The van der Waals surface area contributed by atoms with E-state index in [4.69, 9.17) is 19.4 Å². The zero-order valence-electron chi connectivity index (χ0n) is 21.8. The fourth-order valence-electron chi connectivity index (χ4n) is 4.97. The molecule has 1 amide bonds. The van der Waals surface area contributed by atoms with E-state index in [2.05, 4.69) is 26.9 Å². The number of hydrogen-bond donors (Lipinski definition) is 1. The second kappa shape index (κ2) is 9.86. The Balaban J connectivity index is 1.29. The molecule has 0 radical (unpaired) electrons. The molecule has 2 fully saturated rings. The van der Waals surface area contributed by atoms with Crippen LogP contribution in [0.25, 0.3) is 33.7 Å². The van der Waals surface area contributed by atoms with Crippen LogP contribution in [0.5, 0.6) is 0 Å². The van der Waals surface area contributed by atoms with E-state index in [-0.39, 0.29) is 19.1 Å². The van der Waals surface area contributed by atoms with E-state index in [0.717, 1.165) is 65.6 Å². The maximum absolute atomic E-state index is 13.3. The molecule has 10 nitrogen and oxygen atoms in total. The molecule has 6 rings (SSSR count). The van der Waals surface area contributed by atoms with Crippen LogP contribution in [0, 0.1) is 12.3 Å². The van der Waals surface area contributed by atoms with Gasteiger partial charge in [0, 0.05) is 49.8 Å². The molecule has 4 aromatic rings. The Bertz CT molecular complexity index is 1470. The molecule has 2 saturated heterocycles. The Morgan fingerprint density at radius 1 is 1.00 bits per heavy atom. The Morgan fingerprint density at radius 2 is 1.74 bits per heavy atom. The van der Waals surface area contributed by atoms with Crippen molar-refractivity contribution in [2.45, 2.75) is 20.1 Å². The van der Waals surface area contributed by atoms with Crippen molar-refractivity contribution in [3.63, 3.8) is 0 Å². The molecule has 5 heterocycles. The number of aromatic amines is 1. The smallest absolute Gasteiger partial charge is 0.233 e. The van der Waals surface area contributed by atoms with E-state index < -0.39 is 11.7 Å². The first-order valence-electron chi connectivity index (χ1n) is 12.9. The lowest BCUT2D eigenvalue weighted by molar-refractivity contribution is -0.234. The minimum absolute atomic E-state index is 0.0751. The number of nitrogens with one attached hydrogen (secondary N) is 1. The molecule has 196 valence electrons. The van der Waals surface area contributed by atoms with Crippen LogP contribution in [0.1, 0.15) is 24.7 Å². The summed E-state index contributed by atoms with van der Waals surface area (Å²) in [6.07, 6.45) is 2.63. The molecular formula is C28H31N7O3. The average molecular weight is 514 g/mol. The molecule has 1 N–H and O–H groups in total. The number of ether oxygens (including phenoxy) is 2. The number of H-pyrrole nitrogens is 1. The summed E-state index contributed by atoms with van der Waals surface area (Å²) in [6.45, 7) is 7.56. The van der Waals surface area contributed by atoms with Crippen molar-refractivity contribution in [1.29, 1.82) is 0 Å². The molecule has 0 bridgehead atoms. The largest absolute Gasteiger partial charge is 0.345 e. The van der Waals surface area contributed by atoms with Gasteiger partial charge in [0.1, 0.15) is 0 Å². The van der Waals surface area contributed by atoms with Gasteiger partial charge in [-0.3, -0.25) is 19.7 Å². The van der Waals surface area contributed by atoms with Crippen molar-refractivity contribution >= 4 is 16.9 Å². The number of fused-ring (bicyclic) bond motifs is 1. The predicted molar refractivity (Wildman–Crippen MR) is 142 cm³/mol. The quantitative estimate of drug-likeness (QED) is 0.443. The van der Waals surface area contributed by atoms with Gasteiger partial charge in [0.05, 0.1) is 46.7 Å². The molecule has 2 aliphatic heterocycles. The molecule has 3 aromatic heterocycles. The molecule has 1 aromatic carbocycles. The number of benzene rings is 1. The Hall–Kier alpha value is -3.73. The van der Waals surface area contributed by atoms with Gasteiger partial charge in [0.15, 0.2) is 5.82 Å². The van der Waals surface area contributed by atoms with Gasteiger partial charge >= 0.3 is 0 Å². The lowest BCUT2D eigenvalue weighted by atomic mass is 9.90. The van der Waals surface area contributed by atoms with Crippen molar-refractivity contribution in [1.82, 2.24) is 34.7 Å². The van der Waals surface area contributed by atoms with Crippen molar-refractivity contribution in [2.75, 3.05) is 46.4 Å². The summed E-state index contributed by atoms with van der Waals surface area (Å²) in [5.74, 6) is 0.609. The fourth-order valence-corrected chi connectivity index (χ4v) is 4.97. The van der Waals surface area contributed by atoms with Crippen molar-refractivity contribution in [2.24, 2.45) is 5.41 Å². The zero-order chi connectivity index (χ0) is 26.3. The molecule has 0 aliphatic carbocycles. The van der Waals surface area contributed by atoms with Crippen molar-refractivity contribution in [3.05, 3.63) is 60.3 Å². The number of nitrogens with zero attached hydrogens (tertiary/aromatic N) is 6. The summed E-state index contributed by atoms with van der Waals surface area (Å²) in [5, 5.41) is 0. The number of carbonyl (C=O) groups is 1. The fraction of sp³-hybridized carbons (Fsp3) is 0.393. The molecule has 38 heavy (non-hydrogen) atoms. The number of aryl methyl sites for hydroxylation is 1. The Labute approximate surface area is 221 Å². The highest BCUT2D eigenvalue weighted by molar-refractivity contribution is 5.85. The molecular weight excluding hydrogens is 482 g/mol. The Kier molecular flexibility index (Phi) is 6.38. The first-order chi connectivity index (χ1) is 18.4. The summed E-state index contributed by atoms with van der Waals surface area (Å²) >= 11 is 0. The van der Waals surface area contributed by atoms with Crippen molar-refractivity contribution < 1.29 is 14.3 Å². The summed E-state index contributed by atoms with van der Waals surface area (Å²) in [5.41, 5.74) is 4.89. The number of carbonyl (C=O) groups excluding carboxylic acids is 1. The number of rotatable bonds is 4. The highest BCUT2D eigenvalue weighted by Gasteiger charge is 2.43. The third-order valence-electron chi connectivity index (χ3n) is 7.25. The average Bonchev–Trinajstić information content (AvgIpc) is 3.39. The van der Waals surface area contributed by atoms with Gasteiger partial charge in [-0.05, 0) is 45.2 Å². The van der Waals surface area contributed by atoms with Crippen LogP contribution in [0.2, 0.25) is 0 Å². The maximum Gasteiger partial charge on any atom is 0.233 e. The molecule has 0 atom stereocenters. The second-order valence-corrected chi connectivity index (χ2v) is 10.4. The van der Waals surface area contributed by atoms with E-state index >= 15 is 0 Å². The van der Waals surface area contributed by atoms with Crippen LogP contribution in [0.15, 0.2) is 48.8 Å². The van der Waals surface area contributed by atoms with Crippen LogP contribution >= 0.6 is 0 Å². The van der Waals surface area contributed by atoms with Crippen LogP contribution < -0.4 is 0 Å². The minimum Gasteiger partial charge on any atom is -0.345 e. The SMILES string of the molecule is Cc1cccc(-c2[nH]c(C3OCC(C)(C(=O)N4CCN(C)CC4)CO3)nc2-c2ccc3nccnc3c2)n1. The van der Waals surface area contributed by atoms with Gasteiger partial charge in [0.2, 0.25) is 12.2 Å². The molecule has 10 heteroatoms. The number of imidazole rings is 1. The van der Waals surface area contributed by atoms with E-state index in [1.165, 1.54) is 0 Å². The highest BCUT2D eigenvalue weighted by Crippen LogP contribution is 2.36. The van der Waals surface area contributed by atoms with E-state index in [9.17, 15) is 4.79 Å². The zero-order valence-corrected chi connectivity index (χ0v) is 21.8. The second-order valence-electron chi connectivity index (χ2n) is 10.4. The first kappa shape index (κ1) is 24.6. The summed E-state index contributed by atoms with van der Waals surface area (Å²) in [4.78, 5) is 39.3. The predicted octanol–water partition coefficient (Wildman–Crippen LogP) is 3.22. The van der Waals surface area contributed by atoms with E-state index in [1.54, 1.807) is 12.4 Å². The maximum atomic E-state index is 13.3. The van der Waals surface area contributed by atoms with Gasteiger partial charge in [-0.1, -0.05) is 12.1 Å². The standard InChI is InChI=1S/C28H31N7O3/c1-18-5-4-6-21(31-18)24-23(19-7-8-20-22(15-19)30-10-9-29-20)32-25(33-24)26-37-16-28(2,17-38-26)27(36)35-13-11-34(3)12-14-35/h4-10,15,26H,11-14,16-17H2,1-3H3,(H,32,33). The van der Waals surface area contributed by atoms with Crippen molar-refractivity contribution in [3.8, 4) is 22.6 Å². The molecule has 0 saturated carbocycles. The molecule has 2 aliphatic rings. The van der Waals surface area contributed by atoms with Crippen LogP contribution in [-0.4, -0.2) is 87.1 Å². The molecule has 0 spiro atoms. The normalized spacial score (nSPS) is 22.6. The summed E-state index contributed by atoms with van der Waals surface area (Å²) < 4.78 is 12.3. The number of hydrogen-bond acceptors (Lipinski definition) is 8. The third kappa shape index (κ3) is 4.66. The van der Waals surface area contributed by atoms with Gasteiger partial charge < -0.3 is 24.3 Å². The minimum atomic E-state index is -0.736. The van der Waals surface area contributed by atoms with Crippen LogP contribution in [0.3, 0.4) is 0 Å². The topological polar surface area (TPSA) is 109 Å². The first-order valence-corrected chi connectivity index (χ1v) is 12.9. The van der Waals surface area contributed by atoms with Crippen LogP contribution in [0.4, 0.5) is 0 Å². The number of pyridine rings is 1. The number of amides is 1. The number of likely N-dealkylation sites (N-methyl/N-ethyl adjacent to an activating group) is 1. The monoisotopic (exact) mass is 513 g/mol. The summed E-state index contributed by atoms with van der Waals surface area (Å²) in [6, 6.07) is 11.8. The summed E-state index contributed by atoms with van der Waals surface area (Å²) in [7, 11) is 2.07. The lowest BCUT2D eigenvalue weighted by Crippen LogP contribution is -2.55. The lowest BCUT2D eigenvalue weighted by Gasteiger charge is -2.41. The molecule has 0 unspecified atom stereocenters. The van der Waals surface area contributed by atoms with Gasteiger partial charge in [0.25, 0.3) is 0 Å². The van der Waals surface area contributed by atoms with Gasteiger partial charge in [-0.15, -0.1) is 0 Å².